The first-order valence-electron chi connectivity index (χ1n) is 7.79. The number of rotatable bonds is 3. The Morgan fingerprint density at radius 3 is 2.83 bits per heavy atom. The summed E-state index contributed by atoms with van der Waals surface area (Å²) in [5, 5.41) is 7.49. The molecule has 0 saturated carbocycles. The lowest BCUT2D eigenvalue weighted by molar-refractivity contribution is 0.221. The predicted octanol–water partition coefficient (Wildman–Crippen LogP) is 1.87. The molecule has 3 aromatic rings. The minimum absolute atomic E-state index is 0.0745. The molecule has 0 spiro atoms. The maximum Gasteiger partial charge on any atom is 0.262 e. The number of sulfonamides is 1. The van der Waals surface area contributed by atoms with Crippen LogP contribution in [0.2, 0.25) is 0 Å². The number of fused-ring (bicyclic) bond motifs is 1. The summed E-state index contributed by atoms with van der Waals surface area (Å²) in [7, 11) is -2.15. The van der Waals surface area contributed by atoms with Crippen LogP contribution in [-0.4, -0.2) is 39.2 Å². The largest absolute Gasteiger partial charge is 0.439 e. The van der Waals surface area contributed by atoms with Crippen molar-refractivity contribution < 1.29 is 12.8 Å². The van der Waals surface area contributed by atoms with Crippen molar-refractivity contribution in [2.45, 2.75) is 30.3 Å². The van der Waals surface area contributed by atoms with E-state index in [-0.39, 0.29) is 5.03 Å². The lowest BCUT2D eigenvalue weighted by Gasteiger charge is -2.32. The van der Waals surface area contributed by atoms with Crippen LogP contribution in [0.15, 0.2) is 39.9 Å². The molecule has 2 aromatic heterocycles. The summed E-state index contributed by atoms with van der Waals surface area (Å²) in [5.74, 6) is 0.439. The number of piperidine rings is 1. The SMILES string of the molecule is Cn1nncc1S(=O)(=O)N1CCCCC1c1nc2ccccc2o1. The summed E-state index contributed by atoms with van der Waals surface area (Å²) in [6, 6.07) is 7.03. The molecule has 24 heavy (non-hydrogen) atoms. The molecule has 1 unspecified atom stereocenters. The van der Waals surface area contributed by atoms with Gasteiger partial charge in [-0.15, -0.1) is 5.10 Å². The van der Waals surface area contributed by atoms with Crippen LogP contribution in [0.4, 0.5) is 0 Å². The molecule has 1 fully saturated rings. The molecule has 126 valence electrons. The van der Waals surface area contributed by atoms with Crippen molar-refractivity contribution in [3.63, 3.8) is 0 Å². The van der Waals surface area contributed by atoms with Gasteiger partial charge in [0.2, 0.25) is 5.89 Å². The third kappa shape index (κ3) is 2.40. The lowest BCUT2D eigenvalue weighted by Crippen LogP contribution is -2.39. The van der Waals surface area contributed by atoms with Gasteiger partial charge >= 0.3 is 0 Å². The second kappa shape index (κ2) is 5.67. The molecule has 0 N–H and O–H groups in total. The highest BCUT2D eigenvalue weighted by Crippen LogP contribution is 2.35. The van der Waals surface area contributed by atoms with E-state index in [4.69, 9.17) is 4.42 Å². The number of hydrogen-bond donors (Lipinski definition) is 0. The van der Waals surface area contributed by atoms with Gasteiger partial charge in [-0.05, 0) is 25.0 Å². The predicted molar refractivity (Wildman–Crippen MR) is 85.5 cm³/mol. The number of oxazole rings is 1. The van der Waals surface area contributed by atoms with E-state index in [0.717, 1.165) is 18.4 Å². The zero-order valence-corrected chi connectivity index (χ0v) is 14.0. The van der Waals surface area contributed by atoms with Gasteiger partial charge < -0.3 is 4.42 Å². The summed E-state index contributed by atoms with van der Waals surface area (Å²) >= 11 is 0. The number of aryl methyl sites for hydroxylation is 1. The molecule has 4 rings (SSSR count). The van der Waals surface area contributed by atoms with Gasteiger partial charge in [-0.1, -0.05) is 23.8 Å². The Morgan fingerprint density at radius 1 is 1.25 bits per heavy atom. The second-order valence-electron chi connectivity index (χ2n) is 5.84. The van der Waals surface area contributed by atoms with Crippen LogP contribution in [0, 0.1) is 0 Å². The van der Waals surface area contributed by atoms with Crippen LogP contribution in [0.3, 0.4) is 0 Å². The van der Waals surface area contributed by atoms with Crippen LogP contribution in [0.1, 0.15) is 31.2 Å². The average molecular weight is 347 g/mol. The Labute approximate surface area is 139 Å². The standard InChI is InChI=1S/C15H17N5O3S/c1-19-14(10-16-18-19)24(21,22)20-9-5-4-7-12(20)15-17-11-6-2-3-8-13(11)23-15/h2-3,6,8,10,12H,4-5,7,9H2,1H3. The first-order valence-corrected chi connectivity index (χ1v) is 9.23. The fourth-order valence-electron chi connectivity index (χ4n) is 3.11. The van der Waals surface area contributed by atoms with E-state index in [0.29, 0.717) is 24.4 Å². The fourth-order valence-corrected chi connectivity index (χ4v) is 4.80. The van der Waals surface area contributed by atoms with E-state index >= 15 is 0 Å². The van der Waals surface area contributed by atoms with Gasteiger partial charge in [0.25, 0.3) is 10.0 Å². The van der Waals surface area contributed by atoms with Crippen LogP contribution in [0.25, 0.3) is 11.1 Å². The fraction of sp³-hybridized carbons (Fsp3) is 0.400. The Morgan fingerprint density at radius 2 is 2.08 bits per heavy atom. The minimum atomic E-state index is -3.71. The van der Waals surface area contributed by atoms with Crippen molar-refractivity contribution in [3.8, 4) is 0 Å². The van der Waals surface area contributed by atoms with E-state index in [1.54, 1.807) is 7.05 Å². The van der Waals surface area contributed by atoms with E-state index in [9.17, 15) is 8.42 Å². The monoisotopic (exact) mass is 347 g/mol. The molecule has 8 nitrogen and oxygen atoms in total. The van der Waals surface area contributed by atoms with Gasteiger partial charge in [-0.25, -0.2) is 18.1 Å². The Hall–Kier alpha value is -2.26. The first kappa shape index (κ1) is 15.3. The molecule has 3 heterocycles. The second-order valence-corrected chi connectivity index (χ2v) is 7.68. The van der Waals surface area contributed by atoms with Crippen molar-refractivity contribution in [2.75, 3.05) is 6.54 Å². The Bertz CT molecular complexity index is 945. The maximum atomic E-state index is 13.0. The highest BCUT2D eigenvalue weighted by molar-refractivity contribution is 7.89. The zero-order chi connectivity index (χ0) is 16.7. The van der Waals surface area contributed by atoms with Gasteiger partial charge in [0.15, 0.2) is 10.6 Å². The molecule has 1 saturated heterocycles. The van der Waals surface area contributed by atoms with Crippen molar-refractivity contribution in [1.29, 1.82) is 0 Å². The summed E-state index contributed by atoms with van der Waals surface area (Å²) in [5.41, 5.74) is 1.40. The minimum Gasteiger partial charge on any atom is -0.439 e. The number of aromatic nitrogens is 4. The zero-order valence-electron chi connectivity index (χ0n) is 13.2. The topological polar surface area (TPSA) is 94.1 Å². The van der Waals surface area contributed by atoms with E-state index in [2.05, 4.69) is 15.3 Å². The molecule has 0 aliphatic carbocycles. The molecule has 1 atom stereocenters. The van der Waals surface area contributed by atoms with Crippen LogP contribution < -0.4 is 0 Å². The molecule has 1 aliphatic rings. The number of nitrogens with zero attached hydrogens (tertiary/aromatic N) is 5. The quantitative estimate of drug-likeness (QED) is 0.718. The molecule has 1 aliphatic heterocycles. The summed E-state index contributed by atoms with van der Waals surface area (Å²) in [4.78, 5) is 4.49. The third-order valence-corrected chi connectivity index (χ3v) is 6.25. The van der Waals surface area contributed by atoms with Crippen molar-refractivity contribution >= 4 is 21.1 Å². The van der Waals surface area contributed by atoms with Gasteiger partial charge in [-0.3, -0.25) is 0 Å². The van der Waals surface area contributed by atoms with E-state index in [1.807, 2.05) is 24.3 Å². The molecule has 0 bridgehead atoms. The number of benzene rings is 1. The smallest absolute Gasteiger partial charge is 0.262 e. The average Bonchev–Trinajstić information content (AvgIpc) is 3.21. The highest BCUT2D eigenvalue weighted by atomic mass is 32.2. The number of para-hydroxylation sites is 2. The summed E-state index contributed by atoms with van der Waals surface area (Å²) < 4.78 is 34.6. The van der Waals surface area contributed by atoms with E-state index in [1.165, 1.54) is 15.2 Å². The summed E-state index contributed by atoms with van der Waals surface area (Å²) in [6.07, 6.45) is 3.69. The maximum absolute atomic E-state index is 13.0. The van der Waals surface area contributed by atoms with Crippen LogP contribution in [0.5, 0.6) is 0 Å². The number of hydrogen-bond acceptors (Lipinski definition) is 6. The lowest BCUT2D eigenvalue weighted by atomic mass is 10.1. The Kier molecular flexibility index (Phi) is 3.61. The molecule has 0 amide bonds. The van der Waals surface area contributed by atoms with Crippen molar-refractivity contribution in [3.05, 3.63) is 36.4 Å². The van der Waals surface area contributed by atoms with Crippen molar-refractivity contribution in [2.24, 2.45) is 7.05 Å². The third-order valence-electron chi connectivity index (χ3n) is 4.30. The van der Waals surface area contributed by atoms with Gasteiger partial charge in [0.05, 0.1) is 6.20 Å². The molecule has 1 aromatic carbocycles. The first-order chi connectivity index (χ1) is 11.6. The van der Waals surface area contributed by atoms with Gasteiger partial charge in [0, 0.05) is 13.6 Å². The molecular formula is C15H17N5O3S. The van der Waals surface area contributed by atoms with E-state index < -0.39 is 16.1 Å². The molecular weight excluding hydrogens is 330 g/mol. The molecule has 0 radical (unpaired) electrons. The highest BCUT2D eigenvalue weighted by Gasteiger charge is 2.38. The van der Waals surface area contributed by atoms with Gasteiger partial charge in [0.1, 0.15) is 11.6 Å². The van der Waals surface area contributed by atoms with Gasteiger partial charge in [-0.2, -0.15) is 4.31 Å². The normalized spacial score (nSPS) is 19.8. The summed E-state index contributed by atoms with van der Waals surface area (Å²) in [6.45, 7) is 0.427. The van der Waals surface area contributed by atoms with Crippen LogP contribution >= 0.6 is 0 Å². The van der Waals surface area contributed by atoms with Crippen LogP contribution in [-0.2, 0) is 17.1 Å². The molecule has 9 heteroatoms. The van der Waals surface area contributed by atoms with Crippen molar-refractivity contribution in [1.82, 2.24) is 24.3 Å². The Balaban J connectivity index is 1.77.